The fourth-order valence-corrected chi connectivity index (χ4v) is 8.42. The monoisotopic (exact) mass is 618 g/mol. The molecule has 0 aliphatic carbocycles. The van der Waals surface area contributed by atoms with Crippen molar-refractivity contribution in [3.8, 4) is 0 Å². The molecule has 3 fully saturated rings. The quantitative estimate of drug-likeness (QED) is 0.315. The molecule has 2 atom stereocenters. The van der Waals surface area contributed by atoms with Gasteiger partial charge in [0, 0.05) is 64.2 Å². The molecule has 1 aromatic carbocycles. The number of hydrogen-bond acceptors (Lipinski definition) is 9. The summed E-state index contributed by atoms with van der Waals surface area (Å²) in [5, 5.41) is 12.2. The number of likely N-dealkylation sites (N-methyl/N-ethyl adjacent to an activating group) is 1. The van der Waals surface area contributed by atoms with Crippen molar-refractivity contribution in [1.29, 1.82) is 0 Å². The number of sulfonamides is 1. The van der Waals surface area contributed by atoms with E-state index < -0.39 is 10.0 Å². The van der Waals surface area contributed by atoms with E-state index in [0.29, 0.717) is 36.3 Å². The van der Waals surface area contributed by atoms with Crippen LogP contribution in [0.3, 0.4) is 0 Å². The molecule has 7 rings (SSSR count). The van der Waals surface area contributed by atoms with Crippen molar-refractivity contribution in [2.75, 3.05) is 63.1 Å². The Morgan fingerprint density at radius 3 is 2.66 bits per heavy atom. The number of hydrogen-bond donors (Lipinski definition) is 1. The molecule has 3 aliphatic rings. The molecule has 44 heavy (non-hydrogen) atoms. The number of rotatable bonds is 8. The van der Waals surface area contributed by atoms with Crippen LogP contribution in [0.25, 0.3) is 5.65 Å². The highest BCUT2D eigenvalue weighted by Gasteiger charge is 2.42. The van der Waals surface area contributed by atoms with E-state index in [1.807, 2.05) is 53.6 Å². The van der Waals surface area contributed by atoms with Crippen LogP contribution in [0, 0.1) is 5.92 Å². The lowest BCUT2D eigenvalue weighted by Crippen LogP contribution is -2.48. The van der Waals surface area contributed by atoms with Crippen molar-refractivity contribution in [2.24, 2.45) is 5.92 Å². The summed E-state index contributed by atoms with van der Waals surface area (Å²) in [7, 11) is -1.38. The van der Waals surface area contributed by atoms with Gasteiger partial charge in [0.15, 0.2) is 5.65 Å². The average Bonchev–Trinajstić information content (AvgIpc) is 3.70. The lowest BCUT2D eigenvalue weighted by atomic mass is 10.0. The summed E-state index contributed by atoms with van der Waals surface area (Å²) < 4.78 is 32.1. The molecule has 1 amide bonds. The third-order valence-electron chi connectivity index (χ3n) is 8.96. The van der Waals surface area contributed by atoms with E-state index in [2.05, 4.69) is 32.4 Å². The van der Waals surface area contributed by atoms with Gasteiger partial charge in [0.25, 0.3) is 0 Å². The Bertz CT molecular complexity index is 1730. The first-order valence-electron chi connectivity index (χ1n) is 15.2. The van der Waals surface area contributed by atoms with Gasteiger partial charge in [-0.25, -0.2) is 12.9 Å². The summed E-state index contributed by atoms with van der Waals surface area (Å²) in [6.07, 6.45) is 7.10. The van der Waals surface area contributed by atoms with Crippen LogP contribution >= 0.6 is 0 Å². The first-order chi connectivity index (χ1) is 21.3. The predicted octanol–water partition coefficient (Wildman–Crippen LogP) is 1.87. The van der Waals surface area contributed by atoms with Gasteiger partial charge in [0.2, 0.25) is 21.9 Å². The fraction of sp³-hybridized carbons (Fsp3) is 0.467. The number of carbonyl (C=O) groups is 1. The second kappa shape index (κ2) is 11.8. The van der Waals surface area contributed by atoms with Crippen LogP contribution in [0.4, 0.5) is 17.3 Å². The van der Waals surface area contributed by atoms with E-state index in [9.17, 15) is 13.2 Å². The molecule has 0 radical (unpaired) electrons. The van der Waals surface area contributed by atoms with Gasteiger partial charge in [-0.05, 0) is 43.5 Å². The summed E-state index contributed by atoms with van der Waals surface area (Å²) in [5.74, 6) is 0.837. The summed E-state index contributed by atoms with van der Waals surface area (Å²) in [4.78, 5) is 23.9. The van der Waals surface area contributed by atoms with Gasteiger partial charge in [-0.1, -0.05) is 30.3 Å². The highest BCUT2D eigenvalue weighted by atomic mass is 32.2. The maximum Gasteiger partial charge on any atom is 0.247 e. The maximum absolute atomic E-state index is 13.5. The number of amides is 1. The highest BCUT2D eigenvalue weighted by molar-refractivity contribution is 7.88. The Morgan fingerprint density at radius 1 is 1.02 bits per heavy atom. The maximum atomic E-state index is 13.5. The van der Waals surface area contributed by atoms with Gasteiger partial charge >= 0.3 is 0 Å². The molecule has 3 aliphatic heterocycles. The highest BCUT2D eigenvalue weighted by Crippen LogP contribution is 2.35. The average molecular weight is 619 g/mol. The number of nitrogens with zero attached hydrogens (tertiary/aromatic N) is 9. The summed E-state index contributed by atoms with van der Waals surface area (Å²) >= 11 is 0. The first-order valence-corrected chi connectivity index (χ1v) is 16.8. The zero-order chi connectivity index (χ0) is 30.3. The number of pyridine rings is 1. The Balaban J connectivity index is 1.04. The van der Waals surface area contributed by atoms with Gasteiger partial charge in [0.05, 0.1) is 23.3 Å². The molecule has 3 saturated heterocycles. The van der Waals surface area contributed by atoms with E-state index in [1.54, 1.807) is 25.9 Å². The molecule has 0 saturated carbocycles. The van der Waals surface area contributed by atoms with Crippen LogP contribution < -0.4 is 10.2 Å². The number of fused-ring (bicyclic) bond motifs is 3. The van der Waals surface area contributed by atoms with Crippen molar-refractivity contribution >= 4 is 38.9 Å². The normalized spacial score (nSPS) is 21.6. The molecule has 2 bridgehead atoms. The minimum Gasteiger partial charge on any atom is -0.367 e. The zero-order valence-electron chi connectivity index (χ0n) is 24.9. The second-order valence-corrected chi connectivity index (χ2v) is 14.1. The van der Waals surface area contributed by atoms with Crippen LogP contribution in [-0.2, 0) is 27.1 Å². The minimum absolute atomic E-state index is 0.0203. The summed E-state index contributed by atoms with van der Waals surface area (Å²) in [6.45, 7) is 5.43. The summed E-state index contributed by atoms with van der Waals surface area (Å²) in [5.41, 5.74) is 3.13. The molecule has 1 N–H and O–H groups in total. The molecular formula is C30H38N10O3S. The van der Waals surface area contributed by atoms with Crippen molar-refractivity contribution in [2.45, 2.75) is 31.2 Å². The van der Waals surface area contributed by atoms with Crippen LogP contribution in [-0.4, -0.2) is 112 Å². The molecule has 0 spiro atoms. The largest absolute Gasteiger partial charge is 0.367 e. The lowest BCUT2D eigenvalue weighted by Gasteiger charge is -2.32. The van der Waals surface area contributed by atoms with Crippen molar-refractivity contribution < 1.29 is 13.2 Å². The van der Waals surface area contributed by atoms with Crippen molar-refractivity contribution in [3.63, 3.8) is 0 Å². The topological polar surface area (TPSA) is 124 Å². The lowest BCUT2D eigenvalue weighted by molar-refractivity contribution is -0.133. The molecule has 13 nitrogen and oxygen atoms in total. The minimum atomic E-state index is -3.45. The van der Waals surface area contributed by atoms with Crippen LogP contribution in [0.5, 0.6) is 0 Å². The molecule has 2 unspecified atom stereocenters. The molecule has 4 aromatic rings. The first kappa shape index (κ1) is 28.7. The second-order valence-electron chi connectivity index (χ2n) is 12.1. The Kier molecular flexibility index (Phi) is 7.72. The van der Waals surface area contributed by atoms with E-state index in [0.717, 1.165) is 56.8 Å². The van der Waals surface area contributed by atoms with E-state index in [1.165, 1.54) is 0 Å². The number of benzene rings is 1. The number of piperazine rings is 1. The van der Waals surface area contributed by atoms with Crippen LogP contribution in [0.2, 0.25) is 0 Å². The van der Waals surface area contributed by atoms with Gasteiger partial charge in [-0.2, -0.15) is 14.4 Å². The Labute approximate surface area is 257 Å². The molecule has 6 heterocycles. The Morgan fingerprint density at radius 2 is 1.84 bits per heavy atom. The van der Waals surface area contributed by atoms with Gasteiger partial charge < -0.3 is 20.0 Å². The third kappa shape index (κ3) is 6.01. The number of aromatic nitrogens is 5. The number of anilines is 3. The smallest absolute Gasteiger partial charge is 0.247 e. The molecular weight excluding hydrogens is 580 g/mol. The van der Waals surface area contributed by atoms with Crippen molar-refractivity contribution in [3.05, 3.63) is 66.6 Å². The van der Waals surface area contributed by atoms with E-state index in [4.69, 9.17) is 4.98 Å². The molecule has 3 aromatic heterocycles. The van der Waals surface area contributed by atoms with E-state index in [-0.39, 0.29) is 24.2 Å². The fourth-order valence-electron chi connectivity index (χ4n) is 6.60. The SMILES string of the molecule is CN1CCN(C(=O)Cn2cc(Nc3nc4c(N5CCC6CC(C5)N(S(=O)(=O)Cc5ccccc5)C6)cccn4n3)cn2)CC1. The molecule has 14 heteroatoms. The van der Waals surface area contributed by atoms with Crippen LogP contribution in [0.15, 0.2) is 61.1 Å². The third-order valence-corrected chi connectivity index (χ3v) is 10.8. The van der Waals surface area contributed by atoms with E-state index >= 15 is 0 Å². The van der Waals surface area contributed by atoms with Crippen LogP contribution in [0.1, 0.15) is 18.4 Å². The molecule has 232 valence electrons. The predicted molar refractivity (Wildman–Crippen MR) is 167 cm³/mol. The zero-order valence-corrected chi connectivity index (χ0v) is 25.7. The number of carbonyl (C=O) groups excluding carboxylic acids is 1. The van der Waals surface area contributed by atoms with Crippen molar-refractivity contribution in [1.82, 2.24) is 38.5 Å². The number of nitrogens with one attached hydrogen (secondary N) is 1. The standard InChI is InChI=1S/C30H38N10O3S/c1-35-12-14-36(15-13-35)28(41)21-38-19-25(17-31-38)32-30-33-29-27(8-5-10-39(29)34-30)37-11-9-24-16-26(20-37)40(18-24)44(42,43)22-23-6-3-2-4-7-23/h2-8,10,17,19,24,26H,9,11-16,18,20-22H2,1H3,(H,32,34). The van der Waals surface area contributed by atoms with Gasteiger partial charge in [-0.3, -0.25) is 9.48 Å². The summed E-state index contributed by atoms with van der Waals surface area (Å²) in [6, 6.07) is 13.3. The van der Waals surface area contributed by atoms with Gasteiger partial charge in [0.1, 0.15) is 6.54 Å². The van der Waals surface area contributed by atoms with Gasteiger partial charge in [-0.15, -0.1) is 5.10 Å². The Hall–Kier alpha value is -4.01.